The predicted octanol–water partition coefficient (Wildman–Crippen LogP) is 3.09. The van der Waals surface area contributed by atoms with E-state index in [4.69, 9.17) is 0 Å². The molecule has 0 heterocycles. The van der Waals surface area contributed by atoms with Gasteiger partial charge < -0.3 is 0 Å². The SMILES string of the molecule is C/C(=N\NC(=O)C1CC1)c1ccc2ccccc2c1. The van der Waals surface area contributed by atoms with E-state index in [-0.39, 0.29) is 11.8 Å². The zero-order chi connectivity index (χ0) is 13.2. The largest absolute Gasteiger partial charge is 0.273 e. The molecule has 96 valence electrons. The number of hydrazone groups is 1. The molecule has 0 atom stereocenters. The monoisotopic (exact) mass is 252 g/mol. The Morgan fingerprint density at radius 2 is 1.89 bits per heavy atom. The maximum atomic E-state index is 11.5. The van der Waals surface area contributed by atoms with Crippen molar-refractivity contribution >= 4 is 22.4 Å². The molecule has 1 aliphatic carbocycles. The third kappa shape index (κ3) is 2.65. The molecule has 0 bridgehead atoms. The van der Waals surface area contributed by atoms with Crippen LogP contribution in [0.4, 0.5) is 0 Å². The van der Waals surface area contributed by atoms with Gasteiger partial charge in [-0.25, -0.2) is 5.43 Å². The summed E-state index contributed by atoms with van der Waals surface area (Å²) in [7, 11) is 0. The Balaban J connectivity index is 1.81. The van der Waals surface area contributed by atoms with Gasteiger partial charge in [-0.1, -0.05) is 36.4 Å². The summed E-state index contributed by atoms with van der Waals surface area (Å²) in [4.78, 5) is 11.5. The molecule has 1 amide bonds. The van der Waals surface area contributed by atoms with E-state index in [0.717, 1.165) is 24.1 Å². The molecular formula is C16H16N2O. The summed E-state index contributed by atoms with van der Waals surface area (Å²) in [5.41, 5.74) is 4.51. The lowest BCUT2D eigenvalue weighted by Gasteiger charge is -2.04. The molecule has 1 aliphatic rings. The topological polar surface area (TPSA) is 41.5 Å². The molecule has 0 spiro atoms. The average molecular weight is 252 g/mol. The third-order valence-electron chi connectivity index (χ3n) is 3.45. The van der Waals surface area contributed by atoms with Crippen molar-refractivity contribution in [3.8, 4) is 0 Å². The van der Waals surface area contributed by atoms with E-state index in [1.165, 1.54) is 10.8 Å². The first-order valence-electron chi connectivity index (χ1n) is 6.57. The van der Waals surface area contributed by atoms with Gasteiger partial charge in [-0.05, 0) is 42.2 Å². The summed E-state index contributed by atoms with van der Waals surface area (Å²) in [6.45, 7) is 1.91. The molecule has 2 aromatic carbocycles. The molecule has 2 aromatic rings. The van der Waals surface area contributed by atoms with Gasteiger partial charge in [0.1, 0.15) is 0 Å². The molecule has 0 radical (unpaired) electrons. The summed E-state index contributed by atoms with van der Waals surface area (Å²) in [6.07, 6.45) is 1.99. The van der Waals surface area contributed by atoms with Gasteiger partial charge in [-0.15, -0.1) is 0 Å². The number of benzene rings is 2. The van der Waals surface area contributed by atoms with Gasteiger partial charge in [0, 0.05) is 5.92 Å². The number of carbonyl (C=O) groups excluding carboxylic acids is 1. The van der Waals surface area contributed by atoms with Gasteiger partial charge in [0.2, 0.25) is 5.91 Å². The summed E-state index contributed by atoms with van der Waals surface area (Å²) in [5, 5.41) is 6.57. The van der Waals surface area contributed by atoms with Crippen LogP contribution in [0.25, 0.3) is 10.8 Å². The third-order valence-corrected chi connectivity index (χ3v) is 3.45. The fraction of sp³-hybridized carbons (Fsp3) is 0.250. The fourth-order valence-electron chi connectivity index (χ4n) is 2.05. The van der Waals surface area contributed by atoms with Crippen molar-refractivity contribution in [1.29, 1.82) is 0 Å². The number of nitrogens with zero attached hydrogens (tertiary/aromatic N) is 1. The molecular weight excluding hydrogens is 236 g/mol. The van der Waals surface area contributed by atoms with Gasteiger partial charge in [0.25, 0.3) is 0 Å². The second kappa shape index (κ2) is 4.84. The number of hydrogen-bond acceptors (Lipinski definition) is 2. The Morgan fingerprint density at radius 3 is 2.63 bits per heavy atom. The molecule has 19 heavy (non-hydrogen) atoms. The molecule has 1 saturated carbocycles. The smallest absolute Gasteiger partial charge is 0.243 e. The quantitative estimate of drug-likeness (QED) is 0.662. The van der Waals surface area contributed by atoms with Crippen LogP contribution in [0.3, 0.4) is 0 Å². The average Bonchev–Trinajstić information content (AvgIpc) is 3.28. The van der Waals surface area contributed by atoms with Crippen LogP contribution in [0.5, 0.6) is 0 Å². The lowest BCUT2D eigenvalue weighted by Crippen LogP contribution is -2.20. The lowest BCUT2D eigenvalue weighted by atomic mass is 10.0. The number of carbonyl (C=O) groups is 1. The minimum atomic E-state index is 0.0418. The summed E-state index contributed by atoms with van der Waals surface area (Å²) < 4.78 is 0. The van der Waals surface area contributed by atoms with Crippen LogP contribution >= 0.6 is 0 Å². The molecule has 0 unspecified atom stereocenters. The molecule has 3 nitrogen and oxygen atoms in total. The highest BCUT2D eigenvalue weighted by Crippen LogP contribution is 2.28. The van der Waals surface area contributed by atoms with E-state index in [0.29, 0.717) is 0 Å². The second-order valence-electron chi connectivity index (χ2n) is 5.01. The highest BCUT2D eigenvalue weighted by atomic mass is 16.2. The van der Waals surface area contributed by atoms with E-state index < -0.39 is 0 Å². The van der Waals surface area contributed by atoms with Gasteiger partial charge >= 0.3 is 0 Å². The van der Waals surface area contributed by atoms with Crippen LogP contribution < -0.4 is 5.43 Å². The first-order chi connectivity index (χ1) is 9.24. The van der Waals surface area contributed by atoms with E-state index in [9.17, 15) is 4.79 Å². The zero-order valence-corrected chi connectivity index (χ0v) is 10.9. The van der Waals surface area contributed by atoms with E-state index in [1.807, 2.05) is 25.1 Å². The van der Waals surface area contributed by atoms with Crippen molar-refractivity contribution in [2.75, 3.05) is 0 Å². The van der Waals surface area contributed by atoms with Crippen molar-refractivity contribution in [3.05, 3.63) is 48.0 Å². The van der Waals surface area contributed by atoms with Gasteiger partial charge in [-0.2, -0.15) is 5.10 Å². The highest BCUT2D eigenvalue weighted by molar-refractivity contribution is 6.02. The van der Waals surface area contributed by atoms with Crippen molar-refractivity contribution in [2.24, 2.45) is 11.0 Å². The van der Waals surface area contributed by atoms with Gasteiger partial charge in [-0.3, -0.25) is 4.79 Å². The van der Waals surface area contributed by atoms with Gasteiger partial charge in [0.15, 0.2) is 0 Å². The summed E-state index contributed by atoms with van der Waals surface area (Å²) >= 11 is 0. The molecule has 0 saturated heterocycles. The van der Waals surface area contributed by atoms with Crippen LogP contribution in [0.15, 0.2) is 47.6 Å². The van der Waals surface area contributed by atoms with Crippen LogP contribution in [-0.4, -0.2) is 11.6 Å². The Bertz CT molecular complexity index is 657. The second-order valence-corrected chi connectivity index (χ2v) is 5.01. The lowest BCUT2D eigenvalue weighted by molar-refractivity contribution is -0.122. The van der Waals surface area contributed by atoms with E-state index >= 15 is 0 Å². The van der Waals surface area contributed by atoms with Crippen molar-refractivity contribution < 1.29 is 4.79 Å². The van der Waals surface area contributed by atoms with Crippen molar-refractivity contribution in [2.45, 2.75) is 19.8 Å². The Hall–Kier alpha value is -2.16. The van der Waals surface area contributed by atoms with Crippen LogP contribution in [-0.2, 0) is 4.79 Å². The Labute approximate surface area is 112 Å². The molecule has 3 rings (SSSR count). The number of amides is 1. The minimum absolute atomic E-state index is 0.0418. The summed E-state index contributed by atoms with van der Waals surface area (Å²) in [5.74, 6) is 0.230. The van der Waals surface area contributed by atoms with E-state index in [2.05, 4.69) is 34.8 Å². The first-order valence-corrected chi connectivity index (χ1v) is 6.57. The first kappa shape index (κ1) is 11.9. The molecule has 1 fully saturated rings. The maximum absolute atomic E-state index is 11.5. The van der Waals surface area contributed by atoms with Gasteiger partial charge in [0.05, 0.1) is 5.71 Å². The summed E-state index contributed by atoms with van der Waals surface area (Å²) in [6, 6.07) is 14.4. The number of hydrogen-bond donors (Lipinski definition) is 1. The van der Waals surface area contributed by atoms with Crippen LogP contribution in [0.2, 0.25) is 0 Å². The molecule has 0 aromatic heterocycles. The van der Waals surface area contributed by atoms with E-state index in [1.54, 1.807) is 0 Å². The number of nitrogens with one attached hydrogen (secondary N) is 1. The van der Waals surface area contributed by atoms with Crippen molar-refractivity contribution in [3.63, 3.8) is 0 Å². The minimum Gasteiger partial charge on any atom is -0.273 e. The molecule has 1 N–H and O–H groups in total. The number of rotatable bonds is 3. The van der Waals surface area contributed by atoms with Crippen LogP contribution in [0, 0.1) is 5.92 Å². The zero-order valence-electron chi connectivity index (χ0n) is 10.9. The van der Waals surface area contributed by atoms with Crippen LogP contribution in [0.1, 0.15) is 25.3 Å². The predicted molar refractivity (Wildman–Crippen MR) is 77.0 cm³/mol. The maximum Gasteiger partial charge on any atom is 0.243 e. The highest BCUT2D eigenvalue weighted by Gasteiger charge is 2.29. The Morgan fingerprint density at radius 1 is 1.16 bits per heavy atom. The standard InChI is InChI=1S/C16H16N2O/c1-11(17-18-16(19)13-7-8-13)14-9-6-12-4-2-3-5-15(12)10-14/h2-6,9-10,13H,7-8H2,1H3,(H,18,19)/b17-11+. The molecule has 3 heteroatoms. The number of fused-ring (bicyclic) bond motifs is 1. The normalized spacial score (nSPS) is 15.5. The molecule has 0 aliphatic heterocycles. The Kier molecular flexibility index (Phi) is 3.03. The van der Waals surface area contributed by atoms with Crippen molar-refractivity contribution in [1.82, 2.24) is 5.43 Å². The fourth-order valence-corrected chi connectivity index (χ4v) is 2.05.